The van der Waals surface area contributed by atoms with Crippen molar-refractivity contribution in [3.63, 3.8) is 0 Å². The molecule has 18 heavy (non-hydrogen) atoms. The molecule has 1 rings (SSSR count). The smallest absolute Gasteiger partial charge is 0.371 e. The summed E-state index contributed by atoms with van der Waals surface area (Å²) < 4.78 is 4.96. The first-order valence-electron chi connectivity index (χ1n) is 4.81. The second kappa shape index (κ2) is 6.09. The molecule has 6 heteroatoms. The van der Waals surface area contributed by atoms with E-state index in [1.807, 2.05) is 0 Å². The van der Waals surface area contributed by atoms with Crippen LogP contribution >= 0.6 is 0 Å². The highest BCUT2D eigenvalue weighted by Gasteiger charge is 2.11. The normalized spacial score (nSPS) is 11.4. The van der Waals surface area contributed by atoms with Crippen molar-refractivity contribution < 1.29 is 29.6 Å². The topological polar surface area (TPSA) is 104 Å². The Labute approximate surface area is 102 Å². The molecule has 0 heterocycles. The molecule has 0 aliphatic heterocycles. The molecule has 0 aliphatic rings. The number of hydrogen-bond donors (Lipinski definition) is 3. The Morgan fingerprint density at radius 2 is 1.83 bits per heavy atom. The maximum Gasteiger partial charge on any atom is 0.371 e. The molecule has 0 spiro atoms. The van der Waals surface area contributed by atoms with E-state index in [-0.39, 0.29) is 11.5 Å². The van der Waals surface area contributed by atoms with Gasteiger partial charge in [0.25, 0.3) is 0 Å². The quantitative estimate of drug-likeness (QED) is 0.414. The van der Waals surface area contributed by atoms with E-state index in [0.717, 1.165) is 18.2 Å². The van der Waals surface area contributed by atoms with Gasteiger partial charge < -0.3 is 20.1 Å². The van der Waals surface area contributed by atoms with Gasteiger partial charge in [-0.25, -0.2) is 9.59 Å². The van der Waals surface area contributed by atoms with Gasteiger partial charge in [0.1, 0.15) is 0 Å². The zero-order valence-corrected chi connectivity index (χ0v) is 9.11. The highest BCUT2D eigenvalue weighted by Crippen LogP contribution is 2.26. The number of ether oxygens (including phenoxy) is 1. The fourth-order valence-corrected chi connectivity index (χ4v) is 1.03. The summed E-state index contributed by atoms with van der Waals surface area (Å²) in [6.45, 7) is 0. The Morgan fingerprint density at radius 3 is 2.39 bits per heavy atom. The second-order valence-corrected chi connectivity index (χ2v) is 3.10. The Hall–Kier alpha value is -2.76. The van der Waals surface area contributed by atoms with Crippen LogP contribution in [0.3, 0.4) is 0 Å². The van der Waals surface area contributed by atoms with E-state index in [2.05, 4.69) is 0 Å². The van der Waals surface area contributed by atoms with Crippen molar-refractivity contribution >= 4 is 11.9 Å². The van der Waals surface area contributed by atoms with E-state index in [4.69, 9.17) is 14.9 Å². The number of aliphatic carboxylic acids is 2. The number of benzene rings is 1. The Bertz CT molecular complexity index is 515. The van der Waals surface area contributed by atoms with Crippen LogP contribution in [0.1, 0.15) is 0 Å². The number of para-hydroxylation sites is 2. The average Bonchev–Trinajstić information content (AvgIpc) is 2.29. The molecule has 0 aliphatic carbocycles. The van der Waals surface area contributed by atoms with Crippen LogP contribution in [0, 0.1) is 0 Å². The van der Waals surface area contributed by atoms with E-state index >= 15 is 0 Å². The van der Waals surface area contributed by atoms with Crippen LogP contribution < -0.4 is 4.74 Å². The number of phenolic OH excluding ortho intramolecular Hbond substituents is 1. The molecule has 0 atom stereocenters. The van der Waals surface area contributed by atoms with E-state index in [1.165, 1.54) is 12.1 Å². The lowest BCUT2D eigenvalue weighted by Crippen LogP contribution is -2.07. The van der Waals surface area contributed by atoms with Gasteiger partial charge in [0.05, 0.1) is 0 Å². The van der Waals surface area contributed by atoms with Gasteiger partial charge in [0.2, 0.25) is 5.76 Å². The van der Waals surface area contributed by atoms with Gasteiger partial charge in [-0.15, -0.1) is 0 Å². The molecule has 0 aromatic heterocycles. The maximum atomic E-state index is 10.8. The molecule has 1 aromatic rings. The molecule has 0 saturated heterocycles. The summed E-state index contributed by atoms with van der Waals surface area (Å²) in [6, 6.07) is 5.83. The summed E-state index contributed by atoms with van der Waals surface area (Å²) in [5, 5.41) is 26.6. The van der Waals surface area contributed by atoms with Gasteiger partial charge in [-0.2, -0.15) is 0 Å². The Balaban J connectivity index is 2.91. The van der Waals surface area contributed by atoms with Gasteiger partial charge in [-0.1, -0.05) is 18.2 Å². The number of hydrogen-bond acceptors (Lipinski definition) is 4. The molecular formula is C12H10O6. The average molecular weight is 250 g/mol. The number of aromatic hydroxyl groups is 1. The molecule has 0 bridgehead atoms. The summed E-state index contributed by atoms with van der Waals surface area (Å²) in [6.07, 6.45) is 2.76. The van der Waals surface area contributed by atoms with Gasteiger partial charge in [-0.05, 0) is 18.2 Å². The number of carboxylic acids is 2. The lowest BCUT2D eigenvalue weighted by Gasteiger charge is -2.06. The second-order valence-electron chi connectivity index (χ2n) is 3.10. The van der Waals surface area contributed by atoms with E-state index < -0.39 is 17.7 Å². The van der Waals surface area contributed by atoms with Crippen molar-refractivity contribution in [1.82, 2.24) is 0 Å². The van der Waals surface area contributed by atoms with Crippen LogP contribution in [0.2, 0.25) is 0 Å². The number of phenols is 1. The van der Waals surface area contributed by atoms with E-state index in [1.54, 1.807) is 12.1 Å². The predicted octanol–water partition coefficient (Wildman–Crippen LogP) is 1.38. The fourth-order valence-electron chi connectivity index (χ4n) is 1.03. The van der Waals surface area contributed by atoms with Crippen LogP contribution in [-0.2, 0) is 9.59 Å². The van der Waals surface area contributed by atoms with E-state index in [9.17, 15) is 14.7 Å². The molecule has 0 amide bonds. The van der Waals surface area contributed by atoms with Crippen LogP contribution in [-0.4, -0.2) is 27.3 Å². The Kier molecular flexibility index (Phi) is 4.50. The molecule has 1 aromatic carbocycles. The van der Waals surface area contributed by atoms with Crippen molar-refractivity contribution in [2.45, 2.75) is 0 Å². The third-order valence-corrected chi connectivity index (χ3v) is 1.78. The van der Waals surface area contributed by atoms with Crippen molar-refractivity contribution in [2.24, 2.45) is 0 Å². The predicted molar refractivity (Wildman–Crippen MR) is 61.2 cm³/mol. The first kappa shape index (κ1) is 13.3. The van der Waals surface area contributed by atoms with Gasteiger partial charge in [0, 0.05) is 6.08 Å². The van der Waals surface area contributed by atoms with Gasteiger partial charge >= 0.3 is 11.9 Å². The van der Waals surface area contributed by atoms with Gasteiger partial charge in [-0.3, -0.25) is 0 Å². The van der Waals surface area contributed by atoms with E-state index in [0.29, 0.717) is 0 Å². The molecule has 0 radical (unpaired) electrons. The third-order valence-electron chi connectivity index (χ3n) is 1.78. The molecule has 0 fully saturated rings. The van der Waals surface area contributed by atoms with Crippen LogP contribution in [0.15, 0.2) is 48.3 Å². The highest BCUT2D eigenvalue weighted by atomic mass is 16.5. The summed E-state index contributed by atoms with van der Waals surface area (Å²) in [4.78, 5) is 21.1. The van der Waals surface area contributed by atoms with Crippen LogP contribution in [0.5, 0.6) is 11.5 Å². The number of rotatable bonds is 5. The van der Waals surface area contributed by atoms with Crippen molar-refractivity contribution in [3.8, 4) is 11.5 Å². The third kappa shape index (κ3) is 4.01. The first-order chi connectivity index (χ1) is 8.50. The summed E-state index contributed by atoms with van der Waals surface area (Å²) in [5.41, 5.74) is 0. The molecule has 3 N–H and O–H groups in total. The lowest BCUT2D eigenvalue weighted by molar-refractivity contribution is -0.135. The summed E-state index contributed by atoms with van der Waals surface area (Å²) in [7, 11) is 0. The summed E-state index contributed by atoms with van der Waals surface area (Å²) in [5.74, 6) is -3.34. The number of allylic oxidation sites excluding steroid dienone is 2. The largest absolute Gasteiger partial charge is 0.504 e. The number of carbonyl (C=O) groups is 2. The monoisotopic (exact) mass is 250 g/mol. The first-order valence-corrected chi connectivity index (χ1v) is 4.81. The molecule has 0 unspecified atom stereocenters. The standard InChI is InChI=1S/C12H10O6/c13-8-4-1-2-5-9(8)18-10(12(16)17)6-3-7-11(14)15/h1-7,13H,(H,14,15)(H,16,17)/b7-3+,10-6-. The van der Waals surface area contributed by atoms with Crippen LogP contribution in [0.25, 0.3) is 0 Å². The number of carboxylic acid groups (broad SMARTS) is 2. The van der Waals surface area contributed by atoms with Crippen molar-refractivity contribution in [2.75, 3.05) is 0 Å². The van der Waals surface area contributed by atoms with Crippen molar-refractivity contribution in [1.29, 1.82) is 0 Å². The molecule has 0 saturated carbocycles. The minimum Gasteiger partial charge on any atom is -0.504 e. The minimum atomic E-state index is -1.38. The lowest BCUT2D eigenvalue weighted by atomic mass is 10.3. The zero-order valence-electron chi connectivity index (χ0n) is 9.11. The zero-order chi connectivity index (χ0) is 13.5. The maximum absolute atomic E-state index is 10.8. The molecule has 6 nitrogen and oxygen atoms in total. The van der Waals surface area contributed by atoms with Gasteiger partial charge in [0.15, 0.2) is 11.5 Å². The molecule has 94 valence electrons. The fraction of sp³-hybridized carbons (Fsp3) is 0. The van der Waals surface area contributed by atoms with Crippen molar-refractivity contribution in [3.05, 3.63) is 48.3 Å². The SMILES string of the molecule is O=C(O)/C=C/C=C(\Oc1ccccc1O)C(=O)O. The minimum absolute atomic E-state index is 0.0325. The summed E-state index contributed by atoms with van der Waals surface area (Å²) >= 11 is 0. The highest BCUT2D eigenvalue weighted by molar-refractivity contribution is 5.86. The molecular weight excluding hydrogens is 240 g/mol. The van der Waals surface area contributed by atoms with Crippen LogP contribution in [0.4, 0.5) is 0 Å². The Morgan fingerprint density at radius 1 is 1.17 bits per heavy atom.